The number of fused-ring (bicyclic) bond motifs is 1. The summed E-state index contributed by atoms with van der Waals surface area (Å²) in [5.41, 5.74) is 0.715. The van der Waals surface area contributed by atoms with Crippen molar-refractivity contribution in [3.05, 3.63) is 40.4 Å². The summed E-state index contributed by atoms with van der Waals surface area (Å²) in [5.74, 6) is 0.748. The maximum absolute atomic E-state index is 12.0. The monoisotopic (exact) mass is 258 g/mol. The molecule has 0 saturated carbocycles. The lowest BCUT2D eigenvalue weighted by Crippen LogP contribution is -2.49. The van der Waals surface area contributed by atoms with E-state index in [-0.39, 0.29) is 5.56 Å². The first-order chi connectivity index (χ1) is 9.24. The third-order valence-electron chi connectivity index (χ3n) is 3.65. The number of rotatable bonds is 2. The van der Waals surface area contributed by atoms with Crippen molar-refractivity contribution in [2.75, 3.05) is 19.6 Å². The van der Waals surface area contributed by atoms with Crippen molar-refractivity contribution in [1.82, 2.24) is 20.2 Å². The van der Waals surface area contributed by atoms with Crippen molar-refractivity contribution < 1.29 is 0 Å². The summed E-state index contributed by atoms with van der Waals surface area (Å²) in [6, 6.07) is 7.92. The average molecular weight is 258 g/mol. The zero-order chi connectivity index (χ0) is 13.2. The molecule has 1 fully saturated rings. The fourth-order valence-electron chi connectivity index (χ4n) is 2.52. The standard InChI is InChI=1S/C14H18N4O/c1-10-8-15-6-7-18(10)9-13-16-12-5-3-2-4-11(12)14(19)17-13/h2-5,10,15H,6-9H2,1H3,(H,16,17,19). The molecule has 0 radical (unpaired) electrons. The molecule has 1 aliphatic rings. The molecule has 2 aromatic rings. The van der Waals surface area contributed by atoms with Crippen LogP contribution in [0.4, 0.5) is 0 Å². The number of piperazine rings is 1. The van der Waals surface area contributed by atoms with Gasteiger partial charge in [-0.25, -0.2) is 4.98 Å². The highest BCUT2D eigenvalue weighted by Gasteiger charge is 2.18. The van der Waals surface area contributed by atoms with Gasteiger partial charge in [0.05, 0.1) is 17.4 Å². The Morgan fingerprint density at radius 2 is 2.26 bits per heavy atom. The van der Waals surface area contributed by atoms with Crippen molar-refractivity contribution in [3.8, 4) is 0 Å². The minimum absolute atomic E-state index is 0.0524. The van der Waals surface area contributed by atoms with Gasteiger partial charge in [0.1, 0.15) is 5.82 Å². The maximum atomic E-state index is 12.0. The fourth-order valence-corrected chi connectivity index (χ4v) is 2.52. The molecule has 1 aromatic carbocycles. The van der Waals surface area contributed by atoms with E-state index >= 15 is 0 Å². The summed E-state index contributed by atoms with van der Waals surface area (Å²) in [4.78, 5) is 21.8. The van der Waals surface area contributed by atoms with Gasteiger partial charge in [-0.15, -0.1) is 0 Å². The third kappa shape index (κ3) is 2.52. The number of aromatic amines is 1. The Hall–Kier alpha value is -1.72. The fraction of sp³-hybridized carbons (Fsp3) is 0.429. The van der Waals surface area contributed by atoms with Crippen molar-refractivity contribution >= 4 is 10.9 Å². The minimum atomic E-state index is -0.0524. The molecule has 2 heterocycles. The number of hydrogen-bond acceptors (Lipinski definition) is 4. The van der Waals surface area contributed by atoms with Crippen molar-refractivity contribution in [2.24, 2.45) is 0 Å². The first-order valence-electron chi connectivity index (χ1n) is 6.67. The Bertz CT molecular complexity index is 637. The van der Waals surface area contributed by atoms with Crippen LogP contribution in [0.25, 0.3) is 10.9 Å². The molecule has 100 valence electrons. The second-order valence-corrected chi connectivity index (χ2v) is 5.05. The van der Waals surface area contributed by atoms with E-state index in [2.05, 4.69) is 27.1 Å². The SMILES string of the molecule is CC1CNCCN1Cc1nc2ccccc2c(=O)[nH]1. The second-order valence-electron chi connectivity index (χ2n) is 5.05. The maximum Gasteiger partial charge on any atom is 0.258 e. The van der Waals surface area contributed by atoms with E-state index in [1.807, 2.05) is 18.2 Å². The van der Waals surface area contributed by atoms with E-state index in [1.54, 1.807) is 6.07 Å². The van der Waals surface area contributed by atoms with Crippen LogP contribution in [0.1, 0.15) is 12.7 Å². The highest BCUT2D eigenvalue weighted by atomic mass is 16.1. The predicted octanol–water partition coefficient (Wildman–Crippen LogP) is 0.717. The van der Waals surface area contributed by atoms with Gasteiger partial charge in [0, 0.05) is 25.7 Å². The molecular weight excluding hydrogens is 240 g/mol. The molecule has 5 nitrogen and oxygen atoms in total. The molecule has 1 saturated heterocycles. The number of H-pyrrole nitrogens is 1. The highest BCUT2D eigenvalue weighted by molar-refractivity contribution is 5.77. The van der Waals surface area contributed by atoms with Gasteiger partial charge in [-0.2, -0.15) is 0 Å². The molecule has 1 atom stereocenters. The molecule has 1 aromatic heterocycles. The summed E-state index contributed by atoms with van der Waals surface area (Å²) in [5, 5.41) is 4.01. The largest absolute Gasteiger partial charge is 0.314 e. The summed E-state index contributed by atoms with van der Waals surface area (Å²) in [7, 11) is 0. The van der Waals surface area contributed by atoms with Gasteiger partial charge in [-0.3, -0.25) is 9.69 Å². The number of nitrogens with one attached hydrogen (secondary N) is 2. The van der Waals surface area contributed by atoms with E-state index in [1.165, 1.54) is 0 Å². The van der Waals surface area contributed by atoms with Crippen LogP contribution in [-0.4, -0.2) is 40.5 Å². The number of benzene rings is 1. The molecule has 1 aliphatic heterocycles. The third-order valence-corrected chi connectivity index (χ3v) is 3.65. The van der Waals surface area contributed by atoms with Gasteiger partial charge in [-0.05, 0) is 19.1 Å². The van der Waals surface area contributed by atoms with Crippen LogP contribution in [0.5, 0.6) is 0 Å². The summed E-state index contributed by atoms with van der Waals surface area (Å²) < 4.78 is 0. The van der Waals surface area contributed by atoms with Gasteiger partial charge in [-0.1, -0.05) is 12.1 Å². The average Bonchev–Trinajstić information content (AvgIpc) is 2.42. The van der Waals surface area contributed by atoms with E-state index in [9.17, 15) is 4.79 Å². The summed E-state index contributed by atoms with van der Waals surface area (Å²) in [6.45, 7) is 5.84. The lowest BCUT2D eigenvalue weighted by atomic mass is 10.2. The van der Waals surface area contributed by atoms with Gasteiger partial charge in [0.2, 0.25) is 0 Å². The molecule has 5 heteroatoms. The Morgan fingerprint density at radius 3 is 3.11 bits per heavy atom. The number of hydrogen-bond donors (Lipinski definition) is 2. The first kappa shape index (κ1) is 12.3. The predicted molar refractivity (Wildman–Crippen MR) is 75.1 cm³/mol. The molecule has 0 spiro atoms. The Balaban J connectivity index is 1.91. The zero-order valence-electron chi connectivity index (χ0n) is 11.0. The van der Waals surface area contributed by atoms with E-state index < -0.39 is 0 Å². The van der Waals surface area contributed by atoms with E-state index in [0.717, 1.165) is 31.0 Å². The minimum Gasteiger partial charge on any atom is -0.314 e. The zero-order valence-corrected chi connectivity index (χ0v) is 11.0. The lowest BCUT2D eigenvalue weighted by molar-refractivity contribution is 0.162. The molecule has 3 rings (SSSR count). The Morgan fingerprint density at radius 1 is 1.42 bits per heavy atom. The van der Waals surface area contributed by atoms with Crippen LogP contribution in [-0.2, 0) is 6.54 Å². The van der Waals surface area contributed by atoms with Gasteiger partial charge in [0.15, 0.2) is 0 Å². The summed E-state index contributed by atoms with van der Waals surface area (Å²) >= 11 is 0. The van der Waals surface area contributed by atoms with Crippen LogP contribution in [0.2, 0.25) is 0 Å². The topological polar surface area (TPSA) is 61.0 Å². The normalized spacial score (nSPS) is 20.8. The quantitative estimate of drug-likeness (QED) is 0.833. The van der Waals surface area contributed by atoms with Crippen molar-refractivity contribution in [3.63, 3.8) is 0 Å². The molecule has 1 unspecified atom stereocenters. The highest BCUT2D eigenvalue weighted by Crippen LogP contribution is 2.09. The van der Waals surface area contributed by atoms with Crippen molar-refractivity contribution in [2.45, 2.75) is 19.5 Å². The number of aromatic nitrogens is 2. The Labute approximate surface area is 111 Å². The van der Waals surface area contributed by atoms with Crippen LogP contribution >= 0.6 is 0 Å². The molecule has 0 bridgehead atoms. The van der Waals surface area contributed by atoms with Crippen molar-refractivity contribution in [1.29, 1.82) is 0 Å². The Kier molecular flexibility index (Phi) is 3.31. The molecular formula is C14H18N4O. The van der Waals surface area contributed by atoms with E-state index in [0.29, 0.717) is 18.0 Å². The molecule has 19 heavy (non-hydrogen) atoms. The molecule has 0 aliphatic carbocycles. The smallest absolute Gasteiger partial charge is 0.258 e. The summed E-state index contributed by atoms with van der Waals surface area (Å²) in [6.07, 6.45) is 0. The van der Waals surface area contributed by atoms with E-state index in [4.69, 9.17) is 0 Å². The number of nitrogens with zero attached hydrogens (tertiary/aromatic N) is 2. The van der Waals surface area contributed by atoms with Crippen LogP contribution in [0.15, 0.2) is 29.1 Å². The van der Waals surface area contributed by atoms with Crippen LogP contribution in [0, 0.1) is 0 Å². The van der Waals surface area contributed by atoms with Gasteiger partial charge < -0.3 is 10.3 Å². The first-order valence-corrected chi connectivity index (χ1v) is 6.67. The van der Waals surface area contributed by atoms with Crippen LogP contribution in [0.3, 0.4) is 0 Å². The second kappa shape index (κ2) is 5.11. The molecule has 2 N–H and O–H groups in total. The molecule has 0 amide bonds. The van der Waals surface area contributed by atoms with Crippen LogP contribution < -0.4 is 10.9 Å². The van der Waals surface area contributed by atoms with Gasteiger partial charge in [0.25, 0.3) is 5.56 Å². The number of para-hydroxylation sites is 1. The lowest BCUT2D eigenvalue weighted by Gasteiger charge is -2.33. The van der Waals surface area contributed by atoms with Gasteiger partial charge >= 0.3 is 0 Å².